The lowest BCUT2D eigenvalue weighted by Gasteiger charge is -2.36. The van der Waals surface area contributed by atoms with Gasteiger partial charge in [0.25, 0.3) is 5.91 Å². The molecule has 2 aromatic carbocycles. The van der Waals surface area contributed by atoms with E-state index in [1.807, 2.05) is 60.4 Å². The van der Waals surface area contributed by atoms with E-state index >= 15 is 0 Å². The van der Waals surface area contributed by atoms with Crippen molar-refractivity contribution in [2.24, 2.45) is 0 Å². The first kappa shape index (κ1) is 25.1. The van der Waals surface area contributed by atoms with E-state index < -0.39 is 6.10 Å². The van der Waals surface area contributed by atoms with Crippen LogP contribution < -0.4 is 23.8 Å². The molecule has 1 fully saturated rings. The normalized spacial score (nSPS) is 14.2. The molecule has 3 aromatic rings. The quantitative estimate of drug-likeness (QED) is 0.447. The number of carbonyl (C=O) groups excluding carboxylic acids is 1. The summed E-state index contributed by atoms with van der Waals surface area (Å²) in [6.07, 6.45) is -0.589. The molecule has 0 spiro atoms. The first-order valence-corrected chi connectivity index (χ1v) is 12.0. The summed E-state index contributed by atoms with van der Waals surface area (Å²) < 4.78 is 22.1. The molecule has 36 heavy (non-hydrogen) atoms. The van der Waals surface area contributed by atoms with Gasteiger partial charge < -0.3 is 28.7 Å². The van der Waals surface area contributed by atoms with Crippen molar-refractivity contribution in [2.75, 3.05) is 51.9 Å². The van der Waals surface area contributed by atoms with Crippen LogP contribution in [0.5, 0.6) is 23.0 Å². The fourth-order valence-corrected chi connectivity index (χ4v) is 4.11. The minimum atomic E-state index is -0.589. The number of aromatic nitrogens is 2. The molecule has 0 aliphatic carbocycles. The van der Waals surface area contributed by atoms with Gasteiger partial charge in [-0.15, -0.1) is 10.2 Å². The largest absolute Gasteiger partial charge is 0.494 e. The zero-order valence-electron chi connectivity index (χ0n) is 21.1. The van der Waals surface area contributed by atoms with Gasteiger partial charge in [0, 0.05) is 37.8 Å². The summed E-state index contributed by atoms with van der Waals surface area (Å²) in [7, 11) is 3.21. The maximum atomic E-state index is 13.0. The lowest BCUT2D eigenvalue weighted by molar-refractivity contribution is -0.138. The molecule has 9 nitrogen and oxygen atoms in total. The standard InChI is InChI=1S/C27H32N4O5/c1-5-35-21-7-6-8-22(18-21)36-19(2)27(32)31-15-13-30(14-16-31)26-12-10-23(28-29-26)20-9-11-24(33-3)25(17-20)34-4/h6-12,17-19H,5,13-16H2,1-4H3. The number of methoxy groups -OCH3 is 2. The molecular weight excluding hydrogens is 460 g/mol. The highest BCUT2D eigenvalue weighted by molar-refractivity contribution is 5.81. The Hall–Kier alpha value is -4.01. The minimum Gasteiger partial charge on any atom is -0.494 e. The van der Waals surface area contributed by atoms with Gasteiger partial charge in [-0.1, -0.05) is 6.07 Å². The van der Waals surface area contributed by atoms with Gasteiger partial charge in [-0.05, 0) is 56.3 Å². The van der Waals surface area contributed by atoms with Crippen LogP contribution in [0.25, 0.3) is 11.3 Å². The fraction of sp³-hybridized carbons (Fsp3) is 0.370. The van der Waals surface area contributed by atoms with E-state index in [0.29, 0.717) is 50.0 Å². The maximum Gasteiger partial charge on any atom is 0.263 e. The third-order valence-corrected chi connectivity index (χ3v) is 6.02. The number of rotatable bonds is 9. The number of benzene rings is 2. The molecule has 1 saturated heterocycles. The molecule has 1 aliphatic heterocycles. The molecule has 2 heterocycles. The Morgan fingerprint density at radius 3 is 2.33 bits per heavy atom. The first-order chi connectivity index (χ1) is 17.5. The van der Waals surface area contributed by atoms with Crippen molar-refractivity contribution in [3.05, 3.63) is 54.6 Å². The molecule has 9 heteroatoms. The van der Waals surface area contributed by atoms with Crippen molar-refractivity contribution < 1.29 is 23.7 Å². The van der Waals surface area contributed by atoms with Crippen molar-refractivity contribution >= 4 is 11.7 Å². The molecule has 1 amide bonds. The van der Waals surface area contributed by atoms with E-state index in [1.54, 1.807) is 27.2 Å². The number of hydrogen-bond donors (Lipinski definition) is 0. The minimum absolute atomic E-state index is 0.0358. The molecule has 1 aliphatic rings. The maximum absolute atomic E-state index is 13.0. The van der Waals surface area contributed by atoms with E-state index in [4.69, 9.17) is 18.9 Å². The number of nitrogens with zero attached hydrogens (tertiary/aromatic N) is 4. The Morgan fingerprint density at radius 1 is 0.917 bits per heavy atom. The highest BCUT2D eigenvalue weighted by Gasteiger charge is 2.27. The molecule has 1 aromatic heterocycles. The third-order valence-electron chi connectivity index (χ3n) is 6.02. The van der Waals surface area contributed by atoms with Gasteiger partial charge in [0.15, 0.2) is 23.4 Å². The van der Waals surface area contributed by atoms with Crippen molar-refractivity contribution in [3.63, 3.8) is 0 Å². The summed E-state index contributed by atoms with van der Waals surface area (Å²) in [5.41, 5.74) is 1.63. The van der Waals surface area contributed by atoms with Crippen molar-refractivity contribution in [1.29, 1.82) is 0 Å². The van der Waals surface area contributed by atoms with Gasteiger partial charge in [-0.2, -0.15) is 0 Å². The molecule has 0 saturated carbocycles. The summed E-state index contributed by atoms with van der Waals surface area (Å²) in [6.45, 7) is 6.80. The van der Waals surface area contributed by atoms with Gasteiger partial charge >= 0.3 is 0 Å². The van der Waals surface area contributed by atoms with Gasteiger partial charge in [0.05, 0.1) is 26.5 Å². The van der Waals surface area contributed by atoms with Crippen LogP contribution in [-0.4, -0.2) is 74.1 Å². The van der Waals surface area contributed by atoms with Gasteiger partial charge in [-0.25, -0.2) is 0 Å². The van der Waals surface area contributed by atoms with Crippen molar-refractivity contribution in [2.45, 2.75) is 20.0 Å². The van der Waals surface area contributed by atoms with Gasteiger partial charge in [-0.3, -0.25) is 4.79 Å². The monoisotopic (exact) mass is 492 g/mol. The molecule has 1 atom stereocenters. The van der Waals surface area contributed by atoms with Crippen LogP contribution in [0.3, 0.4) is 0 Å². The number of piperazine rings is 1. The van der Waals surface area contributed by atoms with Crippen LogP contribution in [0.1, 0.15) is 13.8 Å². The average molecular weight is 493 g/mol. The average Bonchev–Trinajstić information content (AvgIpc) is 2.93. The predicted octanol–water partition coefficient (Wildman–Crippen LogP) is 3.68. The van der Waals surface area contributed by atoms with Crippen LogP contribution in [0, 0.1) is 0 Å². The molecule has 190 valence electrons. The highest BCUT2D eigenvalue weighted by Crippen LogP contribution is 2.31. The molecular formula is C27H32N4O5. The molecule has 0 radical (unpaired) electrons. The fourth-order valence-electron chi connectivity index (χ4n) is 4.11. The van der Waals surface area contributed by atoms with E-state index in [-0.39, 0.29) is 5.91 Å². The number of ether oxygens (including phenoxy) is 4. The number of amides is 1. The van der Waals surface area contributed by atoms with Crippen LogP contribution >= 0.6 is 0 Å². The molecule has 1 unspecified atom stereocenters. The number of hydrogen-bond acceptors (Lipinski definition) is 8. The molecule has 0 bridgehead atoms. The predicted molar refractivity (Wildman–Crippen MR) is 137 cm³/mol. The Balaban J connectivity index is 1.33. The summed E-state index contributed by atoms with van der Waals surface area (Å²) in [6, 6.07) is 16.9. The van der Waals surface area contributed by atoms with Crippen LogP contribution in [-0.2, 0) is 4.79 Å². The molecule has 4 rings (SSSR count). The zero-order chi connectivity index (χ0) is 25.5. The Labute approximate surface area is 211 Å². The lowest BCUT2D eigenvalue weighted by Crippen LogP contribution is -2.52. The van der Waals surface area contributed by atoms with Crippen molar-refractivity contribution in [3.8, 4) is 34.3 Å². The number of anilines is 1. The lowest BCUT2D eigenvalue weighted by atomic mass is 10.1. The van der Waals surface area contributed by atoms with E-state index in [0.717, 1.165) is 22.8 Å². The topological polar surface area (TPSA) is 86.3 Å². The Kier molecular flexibility index (Phi) is 8.10. The van der Waals surface area contributed by atoms with Crippen LogP contribution in [0.2, 0.25) is 0 Å². The highest BCUT2D eigenvalue weighted by atomic mass is 16.5. The van der Waals surface area contributed by atoms with Gasteiger partial charge in [0.2, 0.25) is 0 Å². The van der Waals surface area contributed by atoms with Crippen molar-refractivity contribution in [1.82, 2.24) is 15.1 Å². The zero-order valence-corrected chi connectivity index (χ0v) is 21.1. The second-order valence-corrected chi connectivity index (χ2v) is 8.33. The summed E-state index contributed by atoms with van der Waals surface area (Å²) >= 11 is 0. The smallest absolute Gasteiger partial charge is 0.263 e. The van der Waals surface area contributed by atoms with Gasteiger partial charge in [0.1, 0.15) is 11.5 Å². The van der Waals surface area contributed by atoms with E-state index in [2.05, 4.69) is 15.1 Å². The SMILES string of the molecule is CCOc1cccc(OC(C)C(=O)N2CCN(c3ccc(-c4ccc(OC)c(OC)c4)nn3)CC2)c1. The van der Waals surface area contributed by atoms with E-state index in [1.165, 1.54) is 0 Å². The number of carbonyl (C=O) groups is 1. The first-order valence-electron chi connectivity index (χ1n) is 12.0. The second-order valence-electron chi connectivity index (χ2n) is 8.33. The third kappa shape index (κ3) is 5.79. The summed E-state index contributed by atoms with van der Waals surface area (Å²) in [5, 5.41) is 8.83. The second kappa shape index (κ2) is 11.6. The van der Waals surface area contributed by atoms with Crippen LogP contribution in [0.4, 0.5) is 5.82 Å². The Bertz CT molecular complexity index is 1160. The summed E-state index contributed by atoms with van der Waals surface area (Å²) in [4.78, 5) is 16.9. The Morgan fingerprint density at radius 2 is 1.67 bits per heavy atom. The van der Waals surface area contributed by atoms with E-state index in [9.17, 15) is 4.79 Å². The summed E-state index contributed by atoms with van der Waals surface area (Å²) in [5.74, 6) is 3.39. The van der Waals surface area contributed by atoms with Crippen LogP contribution in [0.15, 0.2) is 54.6 Å². The molecule has 0 N–H and O–H groups in total.